The van der Waals surface area contributed by atoms with E-state index < -0.39 is 46.5 Å². The molecule has 0 aromatic rings. The Bertz CT molecular complexity index is 531. The molecule has 0 bridgehead atoms. The molecule has 1 fully saturated rings. The Labute approximate surface area is 158 Å². The Balaban J connectivity index is 3.36. The molecule has 0 saturated heterocycles. The van der Waals surface area contributed by atoms with Gasteiger partial charge >= 0.3 is 23.9 Å². The van der Waals surface area contributed by atoms with Gasteiger partial charge in [0.2, 0.25) is 0 Å². The van der Waals surface area contributed by atoms with Gasteiger partial charge in [-0.05, 0) is 50.4 Å². The standard InChI is InChI=1S/C19H30O8/c1-10-6-5-7-11(2)13(9-19(4,16(24)25)17(26)27)12(10)8-18(3,14(20)21)15(22)23/h10-13H,5-9H2,1-4H3,(H,20,21)(H,22,23)(H,24,25)(H,26,27). The lowest BCUT2D eigenvalue weighted by molar-refractivity contribution is -0.169. The van der Waals surface area contributed by atoms with E-state index in [9.17, 15) is 39.6 Å². The molecule has 1 aliphatic carbocycles. The number of hydrogen-bond donors (Lipinski definition) is 4. The number of carboxylic acid groups (broad SMARTS) is 4. The average Bonchev–Trinajstić information content (AvgIpc) is 2.67. The van der Waals surface area contributed by atoms with E-state index in [1.807, 2.05) is 13.8 Å². The summed E-state index contributed by atoms with van der Waals surface area (Å²) in [4.78, 5) is 46.6. The van der Waals surface area contributed by atoms with Gasteiger partial charge in [-0.1, -0.05) is 33.1 Å². The summed E-state index contributed by atoms with van der Waals surface area (Å²) in [7, 11) is 0. The van der Waals surface area contributed by atoms with Crippen LogP contribution in [0.2, 0.25) is 0 Å². The average molecular weight is 386 g/mol. The van der Waals surface area contributed by atoms with Crippen LogP contribution in [0.1, 0.15) is 59.8 Å². The van der Waals surface area contributed by atoms with Crippen LogP contribution in [0.15, 0.2) is 0 Å². The van der Waals surface area contributed by atoms with Crippen LogP contribution >= 0.6 is 0 Å². The SMILES string of the molecule is CC1CCCC(C)C(CC(C)(C(=O)O)C(=O)O)C1CC(C)(C(=O)O)C(=O)O. The summed E-state index contributed by atoms with van der Waals surface area (Å²) in [5, 5.41) is 37.9. The van der Waals surface area contributed by atoms with Crippen LogP contribution < -0.4 is 0 Å². The minimum absolute atomic E-state index is 0.0372. The second kappa shape index (κ2) is 8.27. The van der Waals surface area contributed by atoms with Gasteiger partial charge < -0.3 is 20.4 Å². The fourth-order valence-electron chi connectivity index (χ4n) is 4.21. The van der Waals surface area contributed by atoms with Crippen molar-refractivity contribution in [1.82, 2.24) is 0 Å². The second-order valence-corrected chi connectivity index (χ2v) is 8.51. The van der Waals surface area contributed by atoms with Crippen molar-refractivity contribution in [3.05, 3.63) is 0 Å². The monoisotopic (exact) mass is 386 g/mol. The molecule has 4 unspecified atom stereocenters. The first-order chi connectivity index (χ1) is 12.3. The molecule has 27 heavy (non-hydrogen) atoms. The Kier molecular flexibility index (Phi) is 7.02. The van der Waals surface area contributed by atoms with Gasteiger partial charge in [0.05, 0.1) is 0 Å². The number of carbonyl (C=O) groups is 4. The molecule has 8 heteroatoms. The smallest absolute Gasteiger partial charge is 0.320 e. The largest absolute Gasteiger partial charge is 0.480 e. The molecular weight excluding hydrogens is 356 g/mol. The molecule has 8 nitrogen and oxygen atoms in total. The Hall–Kier alpha value is -2.12. The van der Waals surface area contributed by atoms with Crippen molar-refractivity contribution in [2.24, 2.45) is 34.5 Å². The van der Waals surface area contributed by atoms with E-state index in [2.05, 4.69) is 0 Å². The van der Waals surface area contributed by atoms with E-state index in [0.717, 1.165) is 33.1 Å². The van der Waals surface area contributed by atoms with Gasteiger partial charge in [0, 0.05) is 0 Å². The molecule has 0 aliphatic heterocycles. The molecule has 1 saturated carbocycles. The fraction of sp³-hybridized carbons (Fsp3) is 0.789. The first kappa shape index (κ1) is 22.9. The lowest BCUT2D eigenvalue weighted by Crippen LogP contribution is -2.44. The lowest BCUT2D eigenvalue weighted by atomic mass is 9.64. The fourth-order valence-corrected chi connectivity index (χ4v) is 4.21. The van der Waals surface area contributed by atoms with Crippen molar-refractivity contribution in [2.75, 3.05) is 0 Å². The highest BCUT2D eigenvalue weighted by molar-refractivity contribution is 5.98. The third kappa shape index (κ3) is 4.59. The molecule has 0 heterocycles. The van der Waals surface area contributed by atoms with Crippen LogP contribution in [-0.4, -0.2) is 44.3 Å². The van der Waals surface area contributed by atoms with E-state index in [-0.39, 0.29) is 24.7 Å². The van der Waals surface area contributed by atoms with Gasteiger partial charge in [-0.25, -0.2) is 0 Å². The predicted molar refractivity (Wildman–Crippen MR) is 95.2 cm³/mol. The van der Waals surface area contributed by atoms with E-state index in [4.69, 9.17) is 0 Å². The van der Waals surface area contributed by atoms with Gasteiger partial charge in [0.15, 0.2) is 10.8 Å². The molecule has 154 valence electrons. The summed E-state index contributed by atoms with van der Waals surface area (Å²) in [5.74, 6) is -6.67. The third-order valence-corrected chi connectivity index (χ3v) is 6.51. The van der Waals surface area contributed by atoms with E-state index in [0.29, 0.717) is 0 Å². The second-order valence-electron chi connectivity index (χ2n) is 8.51. The van der Waals surface area contributed by atoms with Crippen molar-refractivity contribution >= 4 is 23.9 Å². The third-order valence-electron chi connectivity index (χ3n) is 6.51. The van der Waals surface area contributed by atoms with Gasteiger partial charge in [0.25, 0.3) is 0 Å². The van der Waals surface area contributed by atoms with Gasteiger partial charge in [-0.3, -0.25) is 19.2 Å². The molecule has 0 spiro atoms. The molecule has 0 radical (unpaired) electrons. The predicted octanol–water partition coefficient (Wildman–Crippen LogP) is 2.81. The molecule has 1 rings (SSSR count). The Morgan fingerprint density at radius 2 is 0.963 bits per heavy atom. The first-order valence-electron chi connectivity index (χ1n) is 9.21. The van der Waals surface area contributed by atoms with E-state index >= 15 is 0 Å². The van der Waals surface area contributed by atoms with Crippen molar-refractivity contribution < 1.29 is 39.6 Å². The molecular formula is C19H30O8. The van der Waals surface area contributed by atoms with Crippen molar-refractivity contribution in [1.29, 1.82) is 0 Å². The highest BCUT2D eigenvalue weighted by Crippen LogP contribution is 2.47. The summed E-state index contributed by atoms with van der Waals surface area (Å²) in [6.07, 6.45) is 2.05. The quantitative estimate of drug-likeness (QED) is 0.367. The van der Waals surface area contributed by atoms with E-state index in [1.165, 1.54) is 0 Å². The number of hydrogen-bond acceptors (Lipinski definition) is 4. The van der Waals surface area contributed by atoms with Crippen molar-refractivity contribution in [2.45, 2.75) is 59.8 Å². The van der Waals surface area contributed by atoms with Gasteiger partial charge in [0.1, 0.15) is 0 Å². The van der Waals surface area contributed by atoms with Gasteiger partial charge in [-0.2, -0.15) is 0 Å². The Morgan fingerprint density at radius 3 is 1.19 bits per heavy atom. The Morgan fingerprint density at radius 1 is 0.704 bits per heavy atom. The first-order valence-corrected chi connectivity index (χ1v) is 9.21. The van der Waals surface area contributed by atoms with Crippen LogP contribution in [0.4, 0.5) is 0 Å². The van der Waals surface area contributed by atoms with Crippen LogP contribution in [0.3, 0.4) is 0 Å². The minimum Gasteiger partial charge on any atom is -0.480 e. The van der Waals surface area contributed by atoms with E-state index in [1.54, 1.807) is 0 Å². The topological polar surface area (TPSA) is 149 Å². The molecule has 0 aromatic carbocycles. The number of rotatable bonds is 8. The maximum atomic E-state index is 11.6. The summed E-state index contributed by atoms with van der Waals surface area (Å²) in [5.41, 5.74) is -4.02. The normalized spacial score (nSPS) is 26.8. The number of aliphatic carboxylic acids is 4. The summed E-state index contributed by atoms with van der Waals surface area (Å²) >= 11 is 0. The van der Waals surface area contributed by atoms with Crippen LogP contribution in [0.25, 0.3) is 0 Å². The minimum atomic E-state index is -2.01. The van der Waals surface area contributed by atoms with Crippen LogP contribution in [0, 0.1) is 34.5 Å². The zero-order valence-electron chi connectivity index (χ0n) is 16.3. The maximum absolute atomic E-state index is 11.6. The zero-order chi connectivity index (χ0) is 21.2. The molecule has 0 amide bonds. The van der Waals surface area contributed by atoms with Crippen LogP contribution in [-0.2, 0) is 19.2 Å². The lowest BCUT2D eigenvalue weighted by Gasteiger charge is -2.39. The molecule has 4 N–H and O–H groups in total. The summed E-state index contributed by atoms with van der Waals surface area (Å²) in [6, 6.07) is 0. The van der Waals surface area contributed by atoms with Crippen LogP contribution in [0.5, 0.6) is 0 Å². The highest BCUT2D eigenvalue weighted by atomic mass is 16.4. The number of carboxylic acids is 4. The summed E-state index contributed by atoms with van der Waals surface area (Å²) < 4.78 is 0. The molecule has 0 aromatic heterocycles. The van der Waals surface area contributed by atoms with Crippen molar-refractivity contribution in [3.63, 3.8) is 0 Å². The zero-order valence-corrected chi connectivity index (χ0v) is 16.3. The molecule has 4 atom stereocenters. The van der Waals surface area contributed by atoms with Gasteiger partial charge in [-0.15, -0.1) is 0 Å². The maximum Gasteiger partial charge on any atom is 0.320 e. The summed E-state index contributed by atoms with van der Waals surface area (Å²) in [6.45, 7) is 6.12. The molecule has 1 aliphatic rings. The highest BCUT2D eigenvalue weighted by Gasteiger charge is 2.51. The van der Waals surface area contributed by atoms with Crippen molar-refractivity contribution in [3.8, 4) is 0 Å².